The molecular formula is C20H22F3N3O. The average Bonchev–Trinajstić information content (AvgIpc) is 2.61. The summed E-state index contributed by atoms with van der Waals surface area (Å²) in [6, 6.07) is 10.7. The number of alkyl halides is 3. The molecule has 1 fully saturated rings. The van der Waals surface area contributed by atoms with Crippen LogP contribution >= 0.6 is 0 Å². The Hall–Kier alpha value is -2.70. The maximum atomic E-state index is 13.1. The van der Waals surface area contributed by atoms with Crippen molar-refractivity contribution in [3.05, 3.63) is 59.2 Å². The molecule has 0 saturated carbocycles. The Morgan fingerprint density at radius 3 is 2.30 bits per heavy atom. The van der Waals surface area contributed by atoms with Crippen LogP contribution in [0.2, 0.25) is 0 Å². The second-order valence-corrected chi connectivity index (χ2v) is 6.74. The summed E-state index contributed by atoms with van der Waals surface area (Å²) >= 11 is 0. The van der Waals surface area contributed by atoms with Gasteiger partial charge in [-0.05, 0) is 37.6 Å². The van der Waals surface area contributed by atoms with Gasteiger partial charge in [-0.1, -0.05) is 29.8 Å². The van der Waals surface area contributed by atoms with Crippen LogP contribution < -0.4 is 10.2 Å². The molecule has 0 bridgehead atoms. The zero-order valence-electron chi connectivity index (χ0n) is 15.3. The van der Waals surface area contributed by atoms with Crippen molar-refractivity contribution in [1.82, 2.24) is 4.90 Å². The van der Waals surface area contributed by atoms with Gasteiger partial charge in [0.2, 0.25) is 0 Å². The van der Waals surface area contributed by atoms with Gasteiger partial charge in [0.05, 0.1) is 11.3 Å². The predicted molar refractivity (Wildman–Crippen MR) is 100 cm³/mol. The quantitative estimate of drug-likeness (QED) is 0.825. The molecule has 1 heterocycles. The summed E-state index contributed by atoms with van der Waals surface area (Å²) in [6.45, 7) is 6.27. The molecule has 1 aliphatic rings. The van der Waals surface area contributed by atoms with Crippen molar-refractivity contribution in [2.24, 2.45) is 0 Å². The van der Waals surface area contributed by atoms with Gasteiger partial charge in [0.15, 0.2) is 0 Å². The van der Waals surface area contributed by atoms with Gasteiger partial charge in [-0.15, -0.1) is 0 Å². The van der Waals surface area contributed by atoms with Crippen LogP contribution in [0, 0.1) is 13.8 Å². The third-order valence-corrected chi connectivity index (χ3v) is 4.73. The number of para-hydroxylation sites is 1. The van der Waals surface area contributed by atoms with E-state index in [9.17, 15) is 18.0 Å². The third-order valence-electron chi connectivity index (χ3n) is 4.73. The summed E-state index contributed by atoms with van der Waals surface area (Å²) in [5.74, 6) is 0. The Labute approximate surface area is 156 Å². The Morgan fingerprint density at radius 2 is 1.67 bits per heavy atom. The van der Waals surface area contributed by atoms with Crippen LogP contribution in [0.4, 0.5) is 29.3 Å². The lowest BCUT2D eigenvalue weighted by molar-refractivity contribution is -0.136. The van der Waals surface area contributed by atoms with Crippen molar-refractivity contribution in [1.29, 1.82) is 0 Å². The summed E-state index contributed by atoms with van der Waals surface area (Å²) in [5.41, 5.74) is 2.44. The molecule has 1 saturated heterocycles. The van der Waals surface area contributed by atoms with E-state index in [0.29, 0.717) is 26.2 Å². The Bertz CT molecular complexity index is 827. The van der Waals surface area contributed by atoms with Crippen molar-refractivity contribution in [3.63, 3.8) is 0 Å². The first-order valence-corrected chi connectivity index (χ1v) is 8.80. The van der Waals surface area contributed by atoms with Crippen molar-refractivity contribution < 1.29 is 18.0 Å². The summed E-state index contributed by atoms with van der Waals surface area (Å²) < 4.78 is 39.2. The molecule has 0 aromatic heterocycles. The number of nitrogens with zero attached hydrogens (tertiary/aromatic N) is 2. The van der Waals surface area contributed by atoms with Gasteiger partial charge >= 0.3 is 12.2 Å². The molecule has 144 valence electrons. The number of carbonyl (C=O) groups excluding carboxylic acids is 1. The van der Waals surface area contributed by atoms with Crippen molar-refractivity contribution in [2.45, 2.75) is 20.0 Å². The first-order chi connectivity index (χ1) is 12.8. The number of rotatable bonds is 2. The maximum Gasteiger partial charge on any atom is 0.418 e. The van der Waals surface area contributed by atoms with Gasteiger partial charge in [-0.25, -0.2) is 4.79 Å². The molecule has 4 nitrogen and oxygen atoms in total. The van der Waals surface area contributed by atoms with Crippen LogP contribution in [-0.2, 0) is 6.18 Å². The SMILES string of the molecule is Cc1ccc(N2CCN(C(=O)Nc3ccccc3C(F)(F)F)CC2)c(C)c1. The van der Waals surface area contributed by atoms with E-state index >= 15 is 0 Å². The fraction of sp³-hybridized carbons (Fsp3) is 0.350. The van der Waals surface area contributed by atoms with Crippen molar-refractivity contribution in [2.75, 3.05) is 36.4 Å². The summed E-state index contributed by atoms with van der Waals surface area (Å²) in [7, 11) is 0. The molecule has 1 aliphatic heterocycles. The van der Waals surface area contributed by atoms with Crippen LogP contribution in [-0.4, -0.2) is 37.1 Å². The van der Waals surface area contributed by atoms with Crippen LogP contribution in [0.25, 0.3) is 0 Å². The molecule has 0 radical (unpaired) electrons. The molecule has 0 aliphatic carbocycles. The van der Waals surface area contributed by atoms with Crippen LogP contribution in [0.1, 0.15) is 16.7 Å². The number of nitrogens with one attached hydrogen (secondary N) is 1. The summed E-state index contributed by atoms with van der Waals surface area (Å²) in [5, 5.41) is 2.41. The minimum atomic E-state index is -4.51. The molecule has 0 atom stereocenters. The van der Waals surface area contributed by atoms with E-state index in [0.717, 1.165) is 11.8 Å². The zero-order chi connectivity index (χ0) is 19.6. The number of hydrogen-bond acceptors (Lipinski definition) is 2. The lowest BCUT2D eigenvalue weighted by Crippen LogP contribution is -2.50. The first kappa shape index (κ1) is 19.1. The number of urea groups is 1. The Kier molecular flexibility index (Phi) is 5.30. The molecule has 2 aromatic carbocycles. The smallest absolute Gasteiger partial charge is 0.368 e. The molecular weight excluding hydrogens is 355 g/mol. The maximum absolute atomic E-state index is 13.1. The lowest BCUT2D eigenvalue weighted by atomic mass is 10.1. The third kappa shape index (κ3) is 4.35. The highest BCUT2D eigenvalue weighted by molar-refractivity contribution is 5.90. The predicted octanol–water partition coefficient (Wildman–Crippen LogP) is 4.68. The van der Waals surface area contributed by atoms with Gasteiger partial charge in [0.25, 0.3) is 0 Å². The van der Waals surface area contributed by atoms with Gasteiger partial charge in [-0.3, -0.25) is 0 Å². The highest BCUT2D eigenvalue weighted by Crippen LogP contribution is 2.34. The van der Waals surface area contributed by atoms with E-state index in [-0.39, 0.29) is 5.69 Å². The molecule has 2 amide bonds. The standard InChI is InChI=1S/C20H22F3N3O/c1-14-7-8-18(15(2)13-14)25-9-11-26(12-10-25)19(27)24-17-6-4-3-5-16(17)20(21,22)23/h3-8,13H,9-12H2,1-2H3,(H,24,27). The zero-order valence-corrected chi connectivity index (χ0v) is 15.3. The highest BCUT2D eigenvalue weighted by atomic mass is 19.4. The number of anilines is 2. The fourth-order valence-electron chi connectivity index (χ4n) is 3.34. The summed E-state index contributed by atoms with van der Waals surface area (Å²) in [4.78, 5) is 16.2. The number of amides is 2. The Morgan fingerprint density at radius 1 is 1.00 bits per heavy atom. The van der Waals surface area contributed by atoms with Crippen molar-refractivity contribution >= 4 is 17.4 Å². The Balaban J connectivity index is 1.64. The van der Waals surface area contributed by atoms with E-state index in [2.05, 4.69) is 35.3 Å². The number of hydrogen-bond donors (Lipinski definition) is 1. The van der Waals surface area contributed by atoms with Crippen molar-refractivity contribution in [3.8, 4) is 0 Å². The first-order valence-electron chi connectivity index (χ1n) is 8.80. The molecule has 7 heteroatoms. The lowest BCUT2D eigenvalue weighted by Gasteiger charge is -2.37. The van der Waals surface area contributed by atoms with Gasteiger partial charge in [0.1, 0.15) is 0 Å². The molecule has 27 heavy (non-hydrogen) atoms. The largest absolute Gasteiger partial charge is 0.418 e. The molecule has 1 N–H and O–H groups in total. The summed E-state index contributed by atoms with van der Waals surface area (Å²) in [6.07, 6.45) is -4.51. The average molecular weight is 377 g/mol. The van der Waals surface area contributed by atoms with Crippen LogP contribution in [0.5, 0.6) is 0 Å². The van der Waals surface area contributed by atoms with E-state index in [1.54, 1.807) is 4.90 Å². The second kappa shape index (κ2) is 7.50. The molecule has 2 aromatic rings. The van der Waals surface area contributed by atoms with E-state index in [4.69, 9.17) is 0 Å². The highest BCUT2D eigenvalue weighted by Gasteiger charge is 2.34. The molecule has 0 unspecified atom stereocenters. The number of aryl methyl sites for hydroxylation is 2. The van der Waals surface area contributed by atoms with E-state index in [1.807, 2.05) is 6.92 Å². The number of halogens is 3. The van der Waals surface area contributed by atoms with E-state index in [1.165, 1.54) is 29.3 Å². The van der Waals surface area contributed by atoms with E-state index < -0.39 is 17.8 Å². The van der Waals surface area contributed by atoms with Crippen LogP contribution in [0.3, 0.4) is 0 Å². The number of piperazine rings is 1. The van der Waals surface area contributed by atoms with Gasteiger partial charge in [-0.2, -0.15) is 13.2 Å². The monoisotopic (exact) mass is 377 g/mol. The molecule has 0 spiro atoms. The van der Waals surface area contributed by atoms with Crippen LogP contribution in [0.15, 0.2) is 42.5 Å². The minimum absolute atomic E-state index is 0.216. The van der Waals surface area contributed by atoms with Gasteiger partial charge < -0.3 is 15.1 Å². The number of benzene rings is 2. The topological polar surface area (TPSA) is 35.6 Å². The second-order valence-electron chi connectivity index (χ2n) is 6.74. The normalized spacial score (nSPS) is 15.0. The van der Waals surface area contributed by atoms with Gasteiger partial charge in [0, 0.05) is 31.9 Å². The fourth-order valence-corrected chi connectivity index (χ4v) is 3.34. The minimum Gasteiger partial charge on any atom is -0.368 e. The molecule has 3 rings (SSSR count). The number of carbonyl (C=O) groups is 1.